The second-order valence-corrected chi connectivity index (χ2v) is 9.72. The van der Waals surface area contributed by atoms with Gasteiger partial charge in [0.2, 0.25) is 10.0 Å². The number of thiophene rings is 1. The zero-order valence-electron chi connectivity index (χ0n) is 17.1. The number of ether oxygens (including phenoxy) is 2. The quantitative estimate of drug-likeness (QED) is 0.476. The van der Waals surface area contributed by atoms with Gasteiger partial charge in [-0.3, -0.25) is 4.79 Å². The lowest BCUT2D eigenvalue weighted by molar-refractivity contribution is -0.142. The lowest BCUT2D eigenvalue weighted by Gasteiger charge is -2.26. The smallest absolute Gasteiger partial charge is 0.331 e. The molecule has 1 aliphatic heterocycles. The molecule has 0 unspecified atom stereocenters. The number of piperidine rings is 1. The minimum absolute atomic E-state index is 0.00873. The largest absolute Gasteiger partial charge is 0.495 e. The van der Waals surface area contributed by atoms with E-state index in [1.165, 1.54) is 47.0 Å². The summed E-state index contributed by atoms with van der Waals surface area (Å²) < 4.78 is 37.7. The molecule has 1 aliphatic rings. The maximum absolute atomic E-state index is 13.0. The predicted octanol–water partition coefficient (Wildman–Crippen LogP) is 3.13. The van der Waals surface area contributed by atoms with E-state index < -0.39 is 28.5 Å². The Bertz CT molecular complexity index is 1040. The zero-order chi connectivity index (χ0) is 22.3. The van der Waals surface area contributed by atoms with Crippen molar-refractivity contribution in [3.8, 4) is 5.75 Å². The van der Waals surface area contributed by atoms with Crippen molar-refractivity contribution in [2.24, 2.45) is 0 Å². The molecular weight excluding hydrogens is 440 g/mol. The average molecular weight is 465 g/mol. The molecule has 3 rings (SSSR count). The van der Waals surface area contributed by atoms with E-state index in [9.17, 15) is 18.0 Å². The van der Waals surface area contributed by atoms with Crippen LogP contribution in [0.25, 0.3) is 6.08 Å². The fourth-order valence-electron chi connectivity index (χ4n) is 3.12. The summed E-state index contributed by atoms with van der Waals surface area (Å²) >= 11 is 1.47. The highest BCUT2D eigenvalue weighted by Crippen LogP contribution is 2.31. The number of methoxy groups -OCH3 is 1. The number of nitrogens with zero attached hydrogens (tertiary/aromatic N) is 1. The number of esters is 1. The molecule has 2 heterocycles. The Morgan fingerprint density at radius 1 is 1.19 bits per heavy atom. The number of rotatable bonds is 8. The molecule has 0 atom stereocenters. The third kappa shape index (κ3) is 6.16. The lowest BCUT2D eigenvalue weighted by Crippen LogP contribution is -2.35. The van der Waals surface area contributed by atoms with Crippen LogP contribution in [0.3, 0.4) is 0 Å². The molecule has 0 radical (unpaired) electrons. The molecule has 1 saturated heterocycles. The van der Waals surface area contributed by atoms with Gasteiger partial charge in [0.15, 0.2) is 6.61 Å². The first-order valence-corrected chi connectivity index (χ1v) is 12.1. The SMILES string of the molecule is COc1ccc(NC(=O)COC(=O)/C=C/c2cccs2)cc1S(=O)(=O)N1CCCCC1. The monoisotopic (exact) mass is 464 g/mol. The van der Waals surface area contributed by atoms with Gasteiger partial charge in [-0.15, -0.1) is 11.3 Å². The first kappa shape index (κ1) is 23.0. The van der Waals surface area contributed by atoms with Gasteiger partial charge in [-0.05, 0) is 48.6 Å². The molecule has 2 aromatic rings. The van der Waals surface area contributed by atoms with Crippen molar-refractivity contribution >= 4 is 45.0 Å². The van der Waals surface area contributed by atoms with Crippen LogP contribution in [0.2, 0.25) is 0 Å². The van der Waals surface area contributed by atoms with Crippen LogP contribution in [0.5, 0.6) is 5.75 Å². The van der Waals surface area contributed by atoms with Gasteiger partial charge in [0, 0.05) is 29.7 Å². The first-order chi connectivity index (χ1) is 14.9. The molecule has 0 bridgehead atoms. The normalized spacial score (nSPS) is 15.0. The third-order valence-corrected chi connectivity index (χ3v) is 7.41. The van der Waals surface area contributed by atoms with Gasteiger partial charge < -0.3 is 14.8 Å². The van der Waals surface area contributed by atoms with E-state index in [0.29, 0.717) is 13.1 Å². The van der Waals surface area contributed by atoms with E-state index in [4.69, 9.17) is 9.47 Å². The molecule has 1 amide bonds. The van der Waals surface area contributed by atoms with E-state index >= 15 is 0 Å². The molecule has 31 heavy (non-hydrogen) atoms. The fraction of sp³-hybridized carbons (Fsp3) is 0.333. The Balaban J connectivity index is 1.64. The Kier molecular flexibility index (Phi) is 7.83. The topological polar surface area (TPSA) is 102 Å². The Hall–Kier alpha value is -2.69. The van der Waals surface area contributed by atoms with E-state index in [0.717, 1.165) is 24.1 Å². The number of hydrogen-bond donors (Lipinski definition) is 1. The molecular formula is C21H24N2O6S2. The summed E-state index contributed by atoms with van der Waals surface area (Å²) in [5.74, 6) is -1.02. The van der Waals surface area contributed by atoms with Crippen molar-refractivity contribution in [3.05, 3.63) is 46.7 Å². The molecule has 166 valence electrons. The Morgan fingerprint density at radius 3 is 2.65 bits per heavy atom. The molecule has 0 aliphatic carbocycles. The standard InChI is InChI=1S/C21H24N2O6S2/c1-28-18-9-7-16(14-19(18)31(26,27)23-11-3-2-4-12-23)22-20(24)15-29-21(25)10-8-17-6-5-13-30-17/h5-10,13-14H,2-4,11-12,15H2,1H3,(H,22,24)/b10-8+. The van der Waals surface area contributed by atoms with Gasteiger partial charge in [0.25, 0.3) is 5.91 Å². The van der Waals surface area contributed by atoms with Gasteiger partial charge in [0.05, 0.1) is 7.11 Å². The van der Waals surface area contributed by atoms with Crippen molar-refractivity contribution in [1.29, 1.82) is 0 Å². The number of anilines is 1. The molecule has 1 aromatic heterocycles. The maximum atomic E-state index is 13.0. The summed E-state index contributed by atoms with van der Waals surface area (Å²) in [4.78, 5) is 24.8. The van der Waals surface area contributed by atoms with Crippen molar-refractivity contribution in [1.82, 2.24) is 4.31 Å². The van der Waals surface area contributed by atoms with Gasteiger partial charge in [-0.2, -0.15) is 4.31 Å². The second kappa shape index (κ2) is 10.6. The molecule has 0 saturated carbocycles. The molecule has 8 nitrogen and oxygen atoms in total. The summed E-state index contributed by atoms with van der Waals surface area (Å²) in [5.41, 5.74) is 0.270. The van der Waals surface area contributed by atoms with Crippen molar-refractivity contribution < 1.29 is 27.5 Å². The fourth-order valence-corrected chi connectivity index (χ4v) is 5.44. The lowest BCUT2D eigenvalue weighted by atomic mass is 10.2. The van der Waals surface area contributed by atoms with Gasteiger partial charge in [0.1, 0.15) is 10.6 Å². The number of carbonyl (C=O) groups is 2. The van der Waals surface area contributed by atoms with Gasteiger partial charge in [-0.1, -0.05) is 12.5 Å². The third-order valence-electron chi connectivity index (χ3n) is 4.65. The Labute approximate surface area is 185 Å². The first-order valence-electron chi connectivity index (χ1n) is 9.76. The number of benzene rings is 1. The van der Waals surface area contributed by atoms with Crippen LogP contribution < -0.4 is 10.1 Å². The van der Waals surface area contributed by atoms with E-state index in [-0.39, 0.29) is 16.3 Å². The summed E-state index contributed by atoms with van der Waals surface area (Å²) in [6.45, 7) is 0.419. The minimum Gasteiger partial charge on any atom is -0.495 e. The van der Waals surface area contributed by atoms with Crippen molar-refractivity contribution in [2.45, 2.75) is 24.2 Å². The van der Waals surface area contributed by atoms with Crippen LogP contribution in [0, 0.1) is 0 Å². The van der Waals surface area contributed by atoms with Crippen LogP contribution >= 0.6 is 11.3 Å². The molecule has 1 aromatic carbocycles. The van der Waals surface area contributed by atoms with E-state index in [1.54, 1.807) is 6.08 Å². The maximum Gasteiger partial charge on any atom is 0.331 e. The van der Waals surface area contributed by atoms with Crippen molar-refractivity contribution in [3.63, 3.8) is 0 Å². The number of amides is 1. The number of sulfonamides is 1. The van der Waals surface area contributed by atoms with Crippen LogP contribution in [0.1, 0.15) is 24.1 Å². The average Bonchev–Trinajstić information content (AvgIpc) is 3.30. The minimum atomic E-state index is -3.75. The molecule has 10 heteroatoms. The molecule has 0 spiro atoms. The summed E-state index contributed by atoms with van der Waals surface area (Å²) in [7, 11) is -2.36. The highest BCUT2D eigenvalue weighted by molar-refractivity contribution is 7.89. The number of nitrogens with one attached hydrogen (secondary N) is 1. The van der Waals surface area contributed by atoms with Crippen LogP contribution in [0.4, 0.5) is 5.69 Å². The van der Waals surface area contributed by atoms with Crippen LogP contribution in [-0.4, -0.2) is 51.4 Å². The highest BCUT2D eigenvalue weighted by Gasteiger charge is 2.29. The van der Waals surface area contributed by atoms with E-state index in [2.05, 4.69) is 5.32 Å². The van der Waals surface area contributed by atoms with E-state index in [1.807, 2.05) is 17.5 Å². The van der Waals surface area contributed by atoms with Crippen LogP contribution in [0.15, 0.2) is 46.7 Å². The van der Waals surface area contributed by atoms with Gasteiger partial charge in [-0.25, -0.2) is 13.2 Å². The highest BCUT2D eigenvalue weighted by atomic mass is 32.2. The molecule has 1 fully saturated rings. The second-order valence-electron chi connectivity index (χ2n) is 6.84. The Morgan fingerprint density at radius 2 is 1.97 bits per heavy atom. The zero-order valence-corrected chi connectivity index (χ0v) is 18.7. The summed E-state index contributed by atoms with van der Waals surface area (Å²) in [5, 5.41) is 4.44. The summed E-state index contributed by atoms with van der Waals surface area (Å²) in [6, 6.07) is 8.09. The predicted molar refractivity (Wildman–Crippen MR) is 119 cm³/mol. The molecule has 1 N–H and O–H groups in total. The number of carbonyl (C=O) groups excluding carboxylic acids is 2. The number of hydrogen-bond acceptors (Lipinski definition) is 7. The van der Waals surface area contributed by atoms with Crippen LogP contribution in [-0.2, 0) is 24.3 Å². The van der Waals surface area contributed by atoms with Crippen molar-refractivity contribution in [2.75, 3.05) is 32.1 Å². The summed E-state index contributed by atoms with van der Waals surface area (Å²) in [6.07, 6.45) is 5.47. The van der Waals surface area contributed by atoms with Gasteiger partial charge >= 0.3 is 5.97 Å².